The summed E-state index contributed by atoms with van der Waals surface area (Å²) in [6.07, 6.45) is 4.56. The van der Waals surface area contributed by atoms with Crippen molar-refractivity contribution in [2.24, 2.45) is 5.92 Å². The van der Waals surface area contributed by atoms with Crippen LogP contribution in [0.15, 0.2) is 18.2 Å². The lowest BCUT2D eigenvalue weighted by Crippen LogP contribution is -2.42. The van der Waals surface area contributed by atoms with Crippen LogP contribution in [-0.2, 0) is 4.79 Å². The van der Waals surface area contributed by atoms with Gasteiger partial charge in [-0.25, -0.2) is 0 Å². The zero-order valence-electron chi connectivity index (χ0n) is 13.0. The summed E-state index contributed by atoms with van der Waals surface area (Å²) < 4.78 is 0. The first-order chi connectivity index (χ1) is 11.0. The summed E-state index contributed by atoms with van der Waals surface area (Å²) in [7, 11) is 0. The second kappa shape index (κ2) is 7.29. The molecule has 6 heteroatoms. The van der Waals surface area contributed by atoms with E-state index in [-0.39, 0.29) is 5.92 Å². The monoisotopic (exact) mass is 356 g/mol. The number of halogens is 2. The van der Waals surface area contributed by atoms with Gasteiger partial charge in [-0.15, -0.1) is 0 Å². The molecule has 1 saturated heterocycles. The lowest BCUT2D eigenvalue weighted by atomic mass is 9.86. The summed E-state index contributed by atoms with van der Waals surface area (Å²) in [5.74, 6) is -0.797. The first-order valence-electron chi connectivity index (χ1n) is 8.22. The van der Waals surface area contributed by atoms with Crippen molar-refractivity contribution >= 4 is 34.9 Å². The average Bonchev–Trinajstić information content (AvgIpc) is 2.96. The molecule has 1 unspecified atom stereocenters. The topological polar surface area (TPSA) is 52.6 Å². The fraction of sp³-hybridized carbons (Fsp3) is 0.588. The molecule has 2 fully saturated rings. The minimum atomic E-state index is -0.645. The molecule has 1 aromatic rings. The van der Waals surface area contributed by atoms with Gasteiger partial charge in [0.05, 0.1) is 16.6 Å². The summed E-state index contributed by atoms with van der Waals surface area (Å²) >= 11 is 12.3. The average molecular weight is 357 g/mol. The van der Waals surface area contributed by atoms with Gasteiger partial charge >= 0.3 is 5.97 Å². The minimum absolute atomic E-state index is 0.152. The Kier molecular flexibility index (Phi) is 5.34. The fourth-order valence-corrected chi connectivity index (χ4v) is 4.22. The Bertz CT molecular complexity index is 574. The molecule has 0 aromatic heterocycles. The van der Waals surface area contributed by atoms with Gasteiger partial charge in [-0.1, -0.05) is 23.2 Å². The molecule has 4 nitrogen and oxygen atoms in total. The van der Waals surface area contributed by atoms with Crippen LogP contribution in [0.25, 0.3) is 0 Å². The van der Waals surface area contributed by atoms with E-state index in [0.29, 0.717) is 22.1 Å². The van der Waals surface area contributed by atoms with Crippen LogP contribution in [-0.4, -0.2) is 36.2 Å². The van der Waals surface area contributed by atoms with Gasteiger partial charge < -0.3 is 15.3 Å². The molecule has 0 spiro atoms. The van der Waals surface area contributed by atoms with Crippen molar-refractivity contribution in [3.63, 3.8) is 0 Å². The standard InChI is InChI=1S/C17H22Cl2N2O2/c18-12-3-6-16(15(19)9-12)21-8-7-14(10-21)20-13-4-1-11(2-5-13)17(22)23/h3,6,9,11,13-14,20H,1-2,4-5,7-8,10H2,(H,22,23). The van der Waals surface area contributed by atoms with E-state index in [4.69, 9.17) is 28.3 Å². The smallest absolute Gasteiger partial charge is 0.306 e. The van der Waals surface area contributed by atoms with Crippen LogP contribution in [0.2, 0.25) is 10.0 Å². The van der Waals surface area contributed by atoms with Gasteiger partial charge in [-0.2, -0.15) is 0 Å². The van der Waals surface area contributed by atoms with Crippen LogP contribution in [0.5, 0.6) is 0 Å². The number of carboxylic acids is 1. The van der Waals surface area contributed by atoms with Gasteiger partial charge in [0.2, 0.25) is 0 Å². The zero-order valence-corrected chi connectivity index (χ0v) is 14.5. The molecule has 1 aromatic carbocycles. The number of anilines is 1. The third-order valence-corrected chi connectivity index (χ3v) is 5.52. The maximum Gasteiger partial charge on any atom is 0.306 e. The van der Waals surface area contributed by atoms with Crippen molar-refractivity contribution in [2.45, 2.75) is 44.2 Å². The molecule has 3 rings (SSSR count). The number of rotatable bonds is 4. The van der Waals surface area contributed by atoms with Crippen LogP contribution >= 0.6 is 23.2 Å². The summed E-state index contributed by atoms with van der Waals surface area (Å²) in [6, 6.07) is 6.51. The number of nitrogens with one attached hydrogen (secondary N) is 1. The largest absolute Gasteiger partial charge is 0.481 e. The number of benzene rings is 1. The van der Waals surface area contributed by atoms with E-state index in [1.54, 1.807) is 6.07 Å². The molecule has 1 aliphatic carbocycles. The Labute approximate surface area is 146 Å². The lowest BCUT2D eigenvalue weighted by Gasteiger charge is -2.29. The van der Waals surface area contributed by atoms with Crippen molar-refractivity contribution in [1.82, 2.24) is 5.32 Å². The van der Waals surface area contributed by atoms with E-state index in [9.17, 15) is 4.79 Å². The molecular weight excluding hydrogens is 335 g/mol. The molecule has 0 bridgehead atoms. The van der Waals surface area contributed by atoms with Crippen molar-refractivity contribution in [2.75, 3.05) is 18.0 Å². The Balaban J connectivity index is 1.51. The first kappa shape index (κ1) is 16.9. The third kappa shape index (κ3) is 4.11. The summed E-state index contributed by atoms with van der Waals surface area (Å²) in [4.78, 5) is 13.3. The van der Waals surface area contributed by atoms with Crippen molar-refractivity contribution in [3.8, 4) is 0 Å². The molecule has 1 aliphatic heterocycles. The van der Waals surface area contributed by atoms with E-state index in [1.165, 1.54) is 0 Å². The van der Waals surface area contributed by atoms with E-state index < -0.39 is 5.97 Å². The van der Waals surface area contributed by atoms with Gasteiger partial charge in [0, 0.05) is 30.2 Å². The van der Waals surface area contributed by atoms with Crippen LogP contribution < -0.4 is 10.2 Å². The van der Waals surface area contributed by atoms with Gasteiger partial charge in [-0.3, -0.25) is 4.79 Å². The number of nitrogens with zero attached hydrogens (tertiary/aromatic N) is 1. The molecule has 1 atom stereocenters. The summed E-state index contributed by atoms with van der Waals surface area (Å²) in [6.45, 7) is 1.91. The van der Waals surface area contributed by atoms with E-state index >= 15 is 0 Å². The van der Waals surface area contributed by atoms with Gasteiger partial charge in [0.25, 0.3) is 0 Å². The molecule has 2 N–H and O–H groups in total. The van der Waals surface area contributed by atoms with Crippen molar-refractivity contribution in [3.05, 3.63) is 28.2 Å². The highest BCUT2D eigenvalue weighted by Gasteiger charge is 2.30. The molecule has 1 heterocycles. The molecule has 23 heavy (non-hydrogen) atoms. The molecule has 0 radical (unpaired) electrons. The fourth-order valence-electron chi connectivity index (χ4n) is 3.69. The number of carbonyl (C=O) groups is 1. The van der Waals surface area contributed by atoms with E-state index in [1.807, 2.05) is 12.1 Å². The molecular formula is C17H22Cl2N2O2. The Hall–Kier alpha value is -0.970. The normalized spacial score (nSPS) is 28.1. The first-order valence-corrected chi connectivity index (χ1v) is 8.97. The van der Waals surface area contributed by atoms with Crippen molar-refractivity contribution in [1.29, 1.82) is 0 Å². The number of hydrogen-bond acceptors (Lipinski definition) is 3. The number of carboxylic acid groups (broad SMARTS) is 1. The Morgan fingerprint density at radius 3 is 2.52 bits per heavy atom. The van der Waals surface area contributed by atoms with Crippen LogP contribution in [0.4, 0.5) is 5.69 Å². The molecule has 126 valence electrons. The van der Waals surface area contributed by atoms with Gasteiger partial charge in [-0.05, 0) is 50.3 Å². The van der Waals surface area contributed by atoms with Crippen molar-refractivity contribution < 1.29 is 9.90 Å². The SMILES string of the molecule is O=C(O)C1CCC(NC2CCN(c3ccc(Cl)cc3Cl)C2)CC1. The highest BCUT2D eigenvalue weighted by molar-refractivity contribution is 6.36. The maximum atomic E-state index is 11.0. The van der Waals surface area contributed by atoms with Crippen LogP contribution in [0, 0.1) is 5.92 Å². The highest BCUT2D eigenvalue weighted by atomic mass is 35.5. The third-order valence-electron chi connectivity index (χ3n) is 4.99. The van der Waals surface area contributed by atoms with Crippen LogP contribution in [0.3, 0.4) is 0 Å². The molecule has 0 amide bonds. The minimum Gasteiger partial charge on any atom is -0.481 e. The summed E-state index contributed by atoms with van der Waals surface area (Å²) in [5.41, 5.74) is 1.04. The molecule has 2 aliphatic rings. The van der Waals surface area contributed by atoms with E-state index in [0.717, 1.165) is 50.9 Å². The predicted molar refractivity (Wildman–Crippen MR) is 93.6 cm³/mol. The quantitative estimate of drug-likeness (QED) is 0.861. The number of aliphatic carboxylic acids is 1. The lowest BCUT2D eigenvalue weighted by molar-refractivity contribution is -0.142. The van der Waals surface area contributed by atoms with Gasteiger partial charge in [0.15, 0.2) is 0 Å². The maximum absolute atomic E-state index is 11.0. The highest BCUT2D eigenvalue weighted by Crippen LogP contribution is 2.32. The Morgan fingerprint density at radius 2 is 1.87 bits per heavy atom. The van der Waals surface area contributed by atoms with Gasteiger partial charge in [0.1, 0.15) is 0 Å². The summed E-state index contributed by atoms with van der Waals surface area (Å²) in [5, 5.41) is 14.1. The van der Waals surface area contributed by atoms with E-state index in [2.05, 4.69) is 10.2 Å². The zero-order chi connectivity index (χ0) is 16.4. The second-order valence-corrected chi connectivity index (χ2v) is 7.42. The second-order valence-electron chi connectivity index (χ2n) is 6.58. The Morgan fingerprint density at radius 1 is 1.13 bits per heavy atom. The predicted octanol–water partition coefficient (Wildman–Crippen LogP) is 3.81. The number of hydrogen-bond donors (Lipinski definition) is 2. The van der Waals surface area contributed by atoms with Crippen LogP contribution in [0.1, 0.15) is 32.1 Å². The molecule has 1 saturated carbocycles.